The quantitative estimate of drug-likeness (QED) is 0.788. The molecule has 0 saturated carbocycles. The number of benzene rings is 1. The van der Waals surface area contributed by atoms with Crippen molar-refractivity contribution in [1.29, 1.82) is 0 Å². The molecule has 1 fully saturated rings. The van der Waals surface area contributed by atoms with Crippen molar-refractivity contribution in [3.8, 4) is 0 Å². The van der Waals surface area contributed by atoms with E-state index in [9.17, 15) is 5.11 Å². The third kappa shape index (κ3) is 2.37. The minimum atomic E-state index is -0.234. The predicted octanol–water partition coefficient (Wildman–Crippen LogP) is 2.60. The van der Waals surface area contributed by atoms with Gasteiger partial charge in [-0.2, -0.15) is 0 Å². The number of halogens is 1. The minimum Gasteiger partial charge on any atom is -0.453 e. The van der Waals surface area contributed by atoms with Crippen molar-refractivity contribution in [2.45, 2.75) is 19.1 Å². The summed E-state index contributed by atoms with van der Waals surface area (Å²) in [5.74, 6) is 0.735. The molecular formula is C15H14ClN3O2. The van der Waals surface area contributed by atoms with Crippen LogP contribution >= 0.6 is 11.6 Å². The Morgan fingerprint density at radius 2 is 2.29 bits per heavy atom. The smallest absolute Gasteiger partial charge is 0.172 e. The minimum absolute atomic E-state index is 0.234. The molecule has 4 rings (SSSR count). The maximum Gasteiger partial charge on any atom is 0.172 e. The largest absolute Gasteiger partial charge is 0.453 e. The van der Waals surface area contributed by atoms with Gasteiger partial charge in [0.2, 0.25) is 0 Å². The van der Waals surface area contributed by atoms with Crippen molar-refractivity contribution < 1.29 is 9.52 Å². The van der Waals surface area contributed by atoms with Crippen molar-refractivity contribution in [3.05, 3.63) is 35.2 Å². The molecule has 21 heavy (non-hydrogen) atoms. The van der Waals surface area contributed by atoms with Crippen LogP contribution in [-0.4, -0.2) is 39.2 Å². The lowest BCUT2D eigenvalue weighted by Gasteiger charge is -2.12. The molecule has 1 saturated heterocycles. The first-order chi connectivity index (χ1) is 10.2. The van der Waals surface area contributed by atoms with Crippen LogP contribution in [0.3, 0.4) is 0 Å². The standard InChI is InChI=1S/C15H14ClN3O2/c16-9-1-2-12-11(5-9)15-13(21-12)6-17-14(18-15)8-19-4-3-10(20)7-19/h1-2,5-6,10,20H,3-4,7-8H2/t10-/m0/s1. The Morgan fingerprint density at radius 3 is 3.10 bits per heavy atom. The van der Waals surface area contributed by atoms with E-state index < -0.39 is 0 Å². The molecule has 0 bridgehead atoms. The van der Waals surface area contributed by atoms with Crippen LogP contribution in [0.25, 0.3) is 22.1 Å². The molecule has 1 atom stereocenters. The van der Waals surface area contributed by atoms with E-state index in [1.165, 1.54) is 0 Å². The fourth-order valence-corrected chi connectivity index (χ4v) is 2.97. The van der Waals surface area contributed by atoms with Crippen LogP contribution in [0, 0.1) is 0 Å². The molecule has 0 spiro atoms. The average Bonchev–Trinajstić information content (AvgIpc) is 3.02. The van der Waals surface area contributed by atoms with E-state index in [1.807, 2.05) is 12.1 Å². The van der Waals surface area contributed by atoms with Gasteiger partial charge in [0, 0.05) is 23.5 Å². The molecule has 1 aromatic carbocycles. The number of aromatic nitrogens is 2. The van der Waals surface area contributed by atoms with Crippen LogP contribution in [0.2, 0.25) is 5.02 Å². The second-order valence-electron chi connectivity index (χ2n) is 5.42. The molecule has 3 aromatic rings. The summed E-state index contributed by atoms with van der Waals surface area (Å²) in [4.78, 5) is 11.1. The highest BCUT2D eigenvalue weighted by Crippen LogP contribution is 2.29. The SMILES string of the molecule is O[C@H]1CCN(Cc2ncc3oc4ccc(Cl)cc4c3n2)C1. The first-order valence-electron chi connectivity index (χ1n) is 6.93. The molecule has 0 unspecified atom stereocenters. The second-order valence-corrected chi connectivity index (χ2v) is 5.86. The number of aliphatic hydroxyl groups excluding tert-OH is 1. The van der Waals surface area contributed by atoms with Crippen molar-refractivity contribution >= 4 is 33.7 Å². The Balaban J connectivity index is 1.74. The number of β-amino-alcohol motifs (C(OH)–C–C–N with tert-alkyl or cyclic N) is 1. The fourth-order valence-electron chi connectivity index (χ4n) is 2.80. The first kappa shape index (κ1) is 13.0. The Morgan fingerprint density at radius 1 is 1.38 bits per heavy atom. The summed E-state index contributed by atoms with van der Waals surface area (Å²) in [6, 6.07) is 5.50. The van der Waals surface area contributed by atoms with Crippen LogP contribution in [0.5, 0.6) is 0 Å². The third-order valence-corrected chi connectivity index (χ3v) is 4.07. The van der Waals surface area contributed by atoms with Gasteiger partial charge in [-0.15, -0.1) is 0 Å². The van der Waals surface area contributed by atoms with Gasteiger partial charge in [-0.3, -0.25) is 4.90 Å². The number of nitrogens with zero attached hydrogens (tertiary/aromatic N) is 3. The van der Waals surface area contributed by atoms with Gasteiger partial charge >= 0.3 is 0 Å². The first-order valence-corrected chi connectivity index (χ1v) is 7.31. The summed E-state index contributed by atoms with van der Waals surface area (Å²) in [5, 5.41) is 11.1. The second kappa shape index (κ2) is 4.94. The van der Waals surface area contributed by atoms with Gasteiger partial charge < -0.3 is 9.52 Å². The third-order valence-electron chi connectivity index (χ3n) is 3.83. The molecule has 5 nitrogen and oxygen atoms in total. The van der Waals surface area contributed by atoms with Crippen LogP contribution in [-0.2, 0) is 6.54 Å². The van der Waals surface area contributed by atoms with Crippen LogP contribution in [0.4, 0.5) is 0 Å². The molecule has 2 aromatic heterocycles. The van der Waals surface area contributed by atoms with Gasteiger partial charge in [-0.25, -0.2) is 9.97 Å². The summed E-state index contributed by atoms with van der Waals surface area (Å²) in [7, 11) is 0. The summed E-state index contributed by atoms with van der Waals surface area (Å²) < 4.78 is 5.71. The molecule has 3 heterocycles. The monoisotopic (exact) mass is 303 g/mol. The van der Waals surface area contributed by atoms with Crippen LogP contribution < -0.4 is 0 Å². The zero-order valence-electron chi connectivity index (χ0n) is 11.3. The molecule has 0 aliphatic carbocycles. The van der Waals surface area contributed by atoms with Crippen LogP contribution in [0.1, 0.15) is 12.2 Å². The van der Waals surface area contributed by atoms with Gasteiger partial charge in [0.1, 0.15) is 16.9 Å². The van der Waals surface area contributed by atoms with Crippen LogP contribution in [0.15, 0.2) is 28.8 Å². The summed E-state index contributed by atoms with van der Waals surface area (Å²) in [5.41, 5.74) is 2.21. The van der Waals surface area contributed by atoms with Gasteiger partial charge in [-0.1, -0.05) is 11.6 Å². The molecule has 0 radical (unpaired) electrons. The molecule has 6 heteroatoms. The van der Waals surface area contributed by atoms with Gasteiger partial charge in [0.25, 0.3) is 0 Å². The van der Waals surface area contributed by atoms with E-state index in [4.69, 9.17) is 16.0 Å². The van der Waals surface area contributed by atoms with Crippen molar-refractivity contribution in [2.24, 2.45) is 0 Å². The number of furan rings is 1. The van der Waals surface area contributed by atoms with E-state index >= 15 is 0 Å². The summed E-state index contributed by atoms with van der Waals surface area (Å²) >= 11 is 6.05. The summed E-state index contributed by atoms with van der Waals surface area (Å²) in [6.45, 7) is 2.19. The number of fused-ring (bicyclic) bond motifs is 3. The van der Waals surface area contributed by atoms with E-state index in [0.29, 0.717) is 23.7 Å². The number of rotatable bonds is 2. The van der Waals surface area contributed by atoms with E-state index in [-0.39, 0.29) is 6.10 Å². The number of hydrogen-bond donors (Lipinski definition) is 1. The number of likely N-dealkylation sites (tertiary alicyclic amines) is 1. The topological polar surface area (TPSA) is 62.4 Å². The summed E-state index contributed by atoms with van der Waals surface area (Å²) in [6.07, 6.45) is 2.28. The average molecular weight is 304 g/mol. The van der Waals surface area contributed by atoms with E-state index in [2.05, 4.69) is 14.9 Å². The lowest BCUT2D eigenvalue weighted by Crippen LogP contribution is -2.22. The van der Waals surface area contributed by atoms with Crippen molar-refractivity contribution in [3.63, 3.8) is 0 Å². The van der Waals surface area contributed by atoms with E-state index in [1.54, 1.807) is 12.3 Å². The molecular weight excluding hydrogens is 290 g/mol. The highest BCUT2D eigenvalue weighted by molar-refractivity contribution is 6.31. The molecule has 0 amide bonds. The number of aliphatic hydroxyl groups is 1. The lowest BCUT2D eigenvalue weighted by molar-refractivity contribution is 0.174. The molecule has 1 N–H and O–H groups in total. The van der Waals surface area contributed by atoms with Crippen molar-refractivity contribution in [2.75, 3.05) is 13.1 Å². The Labute approximate surface area is 126 Å². The highest BCUT2D eigenvalue weighted by atomic mass is 35.5. The number of hydrogen-bond acceptors (Lipinski definition) is 5. The maximum atomic E-state index is 9.58. The zero-order chi connectivity index (χ0) is 14.4. The van der Waals surface area contributed by atoms with Crippen molar-refractivity contribution in [1.82, 2.24) is 14.9 Å². The fraction of sp³-hybridized carbons (Fsp3) is 0.333. The molecule has 1 aliphatic rings. The molecule has 1 aliphatic heterocycles. The Hall–Kier alpha value is -1.69. The highest BCUT2D eigenvalue weighted by Gasteiger charge is 2.21. The maximum absolute atomic E-state index is 9.58. The molecule has 108 valence electrons. The Bertz CT molecular complexity index is 817. The zero-order valence-corrected chi connectivity index (χ0v) is 12.0. The lowest BCUT2D eigenvalue weighted by atomic mass is 10.2. The van der Waals surface area contributed by atoms with Gasteiger partial charge in [0.15, 0.2) is 5.58 Å². The predicted molar refractivity (Wildman–Crippen MR) is 80.2 cm³/mol. The normalized spacial score (nSPS) is 19.8. The Kier molecular flexibility index (Phi) is 3.06. The van der Waals surface area contributed by atoms with Gasteiger partial charge in [0.05, 0.1) is 18.8 Å². The van der Waals surface area contributed by atoms with E-state index in [0.717, 1.165) is 35.3 Å². The van der Waals surface area contributed by atoms with Gasteiger partial charge in [-0.05, 0) is 24.6 Å².